The number of aromatic amines is 1. The van der Waals surface area contributed by atoms with Crippen molar-refractivity contribution < 1.29 is 0 Å². The average molecular weight is 372 g/mol. The first kappa shape index (κ1) is 15.8. The number of aromatic nitrogens is 1. The predicted octanol–water partition coefficient (Wildman–Crippen LogP) is 3.97. The molecule has 1 aliphatic heterocycles. The Morgan fingerprint density at radius 1 is 1.17 bits per heavy atom. The van der Waals surface area contributed by atoms with Crippen LogP contribution in [0.3, 0.4) is 0 Å². The number of halogens is 1. The van der Waals surface area contributed by atoms with Crippen LogP contribution in [0.4, 0.5) is 5.69 Å². The monoisotopic (exact) mass is 371 g/mol. The van der Waals surface area contributed by atoms with Gasteiger partial charge in [-0.3, -0.25) is 4.79 Å². The van der Waals surface area contributed by atoms with Gasteiger partial charge in [0, 0.05) is 40.1 Å². The summed E-state index contributed by atoms with van der Waals surface area (Å²) in [5.74, 6) is 0. The van der Waals surface area contributed by atoms with E-state index in [2.05, 4.69) is 37.9 Å². The zero-order chi connectivity index (χ0) is 16.4. The number of pyridine rings is 1. The SMILES string of the molecule is Cc1cc(-c2cc(Br)ccc2N2CCCCC2)c(C#N)c(=O)[nH]1. The summed E-state index contributed by atoms with van der Waals surface area (Å²) in [5, 5.41) is 9.43. The molecule has 0 unspecified atom stereocenters. The van der Waals surface area contributed by atoms with Crippen LogP contribution < -0.4 is 10.5 Å². The summed E-state index contributed by atoms with van der Waals surface area (Å²) in [4.78, 5) is 17.2. The number of rotatable bonds is 2. The molecule has 0 amide bonds. The van der Waals surface area contributed by atoms with Gasteiger partial charge in [-0.2, -0.15) is 5.26 Å². The van der Waals surface area contributed by atoms with Crippen molar-refractivity contribution in [2.24, 2.45) is 0 Å². The molecule has 3 rings (SSSR count). The summed E-state index contributed by atoms with van der Waals surface area (Å²) >= 11 is 3.51. The molecule has 5 heteroatoms. The molecule has 1 N–H and O–H groups in total. The lowest BCUT2D eigenvalue weighted by Gasteiger charge is -2.31. The Morgan fingerprint density at radius 2 is 1.91 bits per heavy atom. The second kappa shape index (κ2) is 6.59. The summed E-state index contributed by atoms with van der Waals surface area (Å²) in [7, 11) is 0. The molecule has 0 radical (unpaired) electrons. The zero-order valence-corrected chi connectivity index (χ0v) is 14.6. The summed E-state index contributed by atoms with van der Waals surface area (Å²) in [6.45, 7) is 3.86. The van der Waals surface area contributed by atoms with Crippen LogP contribution in [0.1, 0.15) is 30.5 Å². The number of nitrogens with one attached hydrogen (secondary N) is 1. The van der Waals surface area contributed by atoms with Crippen LogP contribution in [0.2, 0.25) is 0 Å². The zero-order valence-electron chi connectivity index (χ0n) is 13.0. The maximum atomic E-state index is 12.1. The van der Waals surface area contributed by atoms with Gasteiger partial charge in [0.15, 0.2) is 0 Å². The van der Waals surface area contributed by atoms with Crippen molar-refractivity contribution in [3.8, 4) is 17.2 Å². The Balaban J connectivity index is 2.22. The van der Waals surface area contributed by atoms with E-state index in [0.29, 0.717) is 5.56 Å². The van der Waals surface area contributed by atoms with E-state index < -0.39 is 0 Å². The van der Waals surface area contributed by atoms with Crippen LogP contribution in [-0.2, 0) is 0 Å². The van der Waals surface area contributed by atoms with E-state index in [1.54, 1.807) is 0 Å². The second-order valence-electron chi connectivity index (χ2n) is 5.89. The van der Waals surface area contributed by atoms with E-state index in [1.165, 1.54) is 19.3 Å². The Kier molecular flexibility index (Phi) is 4.53. The fraction of sp³-hybridized carbons (Fsp3) is 0.333. The number of nitriles is 1. The predicted molar refractivity (Wildman–Crippen MR) is 95.7 cm³/mol. The molecule has 0 aliphatic carbocycles. The highest BCUT2D eigenvalue weighted by molar-refractivity contribution is 9.10. The molecule has 0 spiro atoms. The minimum atomic E-state index is -0.327. The van der Waals surface area contributed by atoms with Gasteiger partial charge in [0.25, 0.3) is 5.56 Å². The van der Waals surface area contributed by atoms with Crippen molar-refractivity contribution in [1.82, 2.24) is 4.98 Å². The van der Waals surface area contributed by atoms with Crippen molar-refractivity contribution in [2.45, 2.75) is 26.2 Å². The number of hydrogen-bond donors (Lipinski definition) is 1. The van der Waals surface area contributed by atoms with E-state index in [1.807, 2.05) is 25.1 Å². The van der Waals surface area contributed by atoms with E-state index >= 15 is 0 Å². The van der Waals surface area contributed by atoms with E-state index in [9.17, 15) is 10.1 Å². The third-order valence-electron chi connectivity index (χ3n) is 4.23. The lowest BCUT2D eigenvalue weighted by atomic mass is 9.97. The van der Waals surface area contributed by atoms with Crippen LogP contribution in [0.5, 0.6) is 0 Å². The molecule has 0 atom stereocenters. The number of benzene rings is 1. The van der Waals surface area contributed by atoms with Gasteiger partial charge in [0.05, 0.1) is 0 Å². The molecule has 1 aromatic carbocycles. The Hall–Kier alpha value is -2.06. The molecule has 0 saturated carbocycles. The van der Waals surface area contributed by atoms with Crippen molar-refractivity contribution >= 4 is 21.6 Å². The Bertz CT molecular complexity index is 829. The van der Waals surface area contributed by atoms with Gasteiger partial charge in [0.1, 0.15) is 11.6 Å². The third-order valence-corrected chi connectivity index (χ3v) is 4.72. The molecule has 1 saturated heterocycles. The highest BCUT2D eigenvalue weighted by atomic mass is 79.9. The van der Waals surface area contributed by atoms with E-state index in [-0.39, 0.29) is 11.1 Å². The number of hydrogen-bond acceptors (Lipinski definition) is 3. The molecule has 118 valence electrons. The minimum Gasteiger partial charge on any atom is -0.371 e. The first-order valence-electron chi connectivity index (χ1n) is 7.79. The highest BCUT2D eigenvalue weighted by Crippen LogP contribution is 2.35. The van der Waals surface area contributed by atoms with Gasteiger partial charge in [-0.1, -0.05) is 15.9 Å². The van der Waals surface area contributed by atoms with Gasteiger partial charge < -0.3 is 9.88 Å². The summed E-state index contributed by atoms with van der Waals surface area (Å²) in [6, 6.07) is 10.0. The first-order valence-corrected chi connectivity index (χ1v) is 8.58. The molecule has 23 heavy (non-hydrogen) atoms. The molecule has 4 nitrogen and oxygen atoms in total. The normalized spacial score (nSPS) is 14.6. The van der Waals surface area contributed by atoms with E-state index in [4.69, 9.17) is 0 Å². The quantitative estimate of drug-likeness (QED) is 0.868. The van der Waals surface area contributed by atoms with Gasteiger partial charge >= 0.3 is 0 Å². The number of aryl methyl sites for hydroxylation is 1. The molecular formula is C18H18BrN3O. The molecule has 1 aromatic heterocycles. The second-order valence-corrected chi connectivity index (χ2v) is 6.81. The lowest BCUT2D eigenvalue weighted by molar-refractivity contribution is 0.578. The molecule has 0 bridgehead atoms. The number of piperidine rings is 1. The maximum Gasteiger partial charge on any atom is 0.266 e. The molecular weight excluding hydrogens is 354 g/mol. The van der Waals surface area contributed by atoms with Crippen LogP contribution in [0, 0.1) is 18.3 Å². The standard InChI is InChI=1S/C18H18BrN3O/c1-12-9-14(16(11-20)18(23)21-12)15-10-13(19)5-6-17(15)22-7-3-2-4-8-22/h5-6,9-10H,2-4,7-8H2,1H3,(H,21,23). The molecule has 1 fully saturated rings. The van der Waals surface area contributed by atoms with Crippen molar-refractivity contribution in [3.05, 3.63) is 50.3 Å². The lowest BCUT2D eigenvalue weighted by Crippen LogP contribution is -2.30. The van der Waals surface area contributed by atoms with Gasteiger partial charge in [-0.05, 0) is 50.5 Å². The van der Waals surface area contributed by atoms with Crippen LogP contribution >= 0.6 is 15.9 Å². The topological polar surface area (TPSA) is 59.9 Å². The summed E-state index contributed by atoms with van der Waals surface area (Å²) in [6.07, 6.45) is 3.61. The Morgan fingerprint density at radius 3 is 2.61 bits per heavy atom. The molecule has 2 heterocycles. The van der Waals surface area contributed by atoms with Gasteiger partial charge in [-0.15, -0.1) is 0 Å². The average Bonchev–Trinajstić information content (AvgIpc) is 2.55. The largest absolute Gasteiger partial charge is 0.371 e. The smallest absolute Gasteiger partial charge is 0.266 e. The Labute approximate surface area is 143 Å². The minimum absolute atomic E-state index is 0.173. The van der Waals surface area contributed by atoms with Crippen LogP contribution in [0.25, 0.3) is 11.1 Å². The fourth-order valence-corrected chi connectivity index (χ4v) is 3.51. The first-order chi connectivity index (χ1) is 11.1. The van der Waals surface area contributed by atoms with Crippen LogP contribution in [-0.4, -0.2) is 18.1 Å². The number of anilines is 1. The summed E-state index contributed by atoms with van der Waals surface area (Å²) in [5.41, 5.74) is 3.34. The maximum absolute atomic E-state index is 12.1. The van der Waals surface area contributed by atoms with Gasteiger partial charge in [0.2, 0.25) is 0 Å². The highest BCUT2D eigenvalue weighted by Gasteiger charge is 2.19. The third kappa shape index (κ3) is 3.18. The van der Waals surface area contributed by atoms with Crippen molar-refractivity contribution in [1.29, 1.82) is 5.26 Å². The number of H-pyrrole nitrogens is 1. The fourth-order valence-electron chi connectivity index (χ4n) is 3.15. The number of nitrogens with zero attached hydrogens (tertiary/aromatic N) is 2. The van der Waals surface area contributed by atoms with E-state index in [0.717, 1.165) is 34.5 Å². The summed E-state index contributed by atoms with van der Waals surface area (Å²) < 4.78 is 0.940. The van der Waals surface area contributed by atoms with Crippen molar-refractivity contribution in [2.75, 3.05) is 18.0 Å². The van der Waals surface area contributed by atoms with Crippen molar-refractivity contribution in [3.63, 3.8) is 0 Å². The molecule has 1 aliphatic rings. The van der Waals surface area contributed by atoms with Gasteiger partial charge in [-0.25, -0.2) is 0 Å². The molecule has 2 aromatic rings. The van der Waals surface area contributed by atoms with Crippen LogP contribution in [0.15, 0.2) is 33.5 Å².